The highest BCUT2D eigenvalue weighted by Gasteiger charge is 2.12. The fraction of sp³-hybridized carbons (Fsp3) is 0.300. The van der Waals surface area contributed by atoms with Gasteiger partial charge in [0.1, 0.15) is 5.75 Å². The van der Waals surface area contributed by atoms with Crippen molar-refractivity contribution < 1.29 is 14.6 Å². The van der Waals surface area contributed by atoms with Crippen LogP contribution in [0.15, 0.2) is 42.5 Å². The smallest absolute Gasteiger partial charge is 0.161 e. The zero-order valence-corrected chi connectivity index (χ0v) is 14.6. The third-order valence-corrected chi connectivity index (χ3v) is 3.65. The molecule has 2 aromatic rings. The Morgan fingerprint density at radius 1 is 1.24 bits per heavy atom. The first kappa shape index (κ1) is 18.5. The van der Waals surface area contributed by atoms with Gasteiger partial charge >= 0.3 is 0 Å². The molecule has 2 aromatic carbocycles. The van der Waals surface area contributed by atoms with Crippen molar-refractivity contribution in [2.24, 2.45) is 0 Å². The van der Waals surface area contributed by atoms with Crippen molar-refractivity contribution in [3.63, 3.8) is 0 Å². The summed E-state index contributed by atoms with van der Waals surface area (Å²) in [4.78, 5) is 11.7. The molecule has 0 radical (unpaired) electrons. The number of carbonyl (C=O) groups excluding carboxylic acids is 1. The van der Waals surface area contributed by atoms with Gasteiger partial charge in [0.25, 0.3) is 0 Å². The maximum absolute atomic E-state index is 11.7. The number of ketones is 1. The summed E-state index contributed by atoms with van der Waals surface area (Å²) in [6.45, 7) is 5.60. The molecule has 0 aromatic heterocycles. The standard InChI is InChI=1S/C20H22N2O3/c1-13(2)25-17-7-5-16(6-8-17)20(24)12-22-19-10-15(11-21)4-9-18(19)14(3)23/h4-10,13,20,22,24H,12H2,1-3H3. The van der Waals surface area contributed by atoms with Crippen LogP contribution in [0.5, 0.6) is 5.75 Å². The topological polar surface area (TPSA) is 82.4 Å². The van der Waals surface area contributed by atoms with Gasteiger partial charge in [0, 0.05) is 17.8 Å². The number of Topliss-reactive ketones (excluding diaryl/α,β-unsaturated/α-hetero) is 1. The van der Waals surface area contributed by atoms with Gasteiger partial charge in [-0.25, -0.2) is 0 Å². The minimum atomic E-state index is -0.751. The molecule has 0 bridgehead atoms. The van der Waals surface area contributed by atoms with Gasteiger partial charge < -0.3 is 15.2 Å². The average molecular weight is 338 g/mol. The fourth-order valence-electron chi connectivity index (χ4n) is 2.43. The predicted octanol–water partition coefficient (Wildman–Crippen LogP) is 3.69. The first-order valence-corrected chi connectivity index (χ1v) is 8.14. The van der Waals surface area contributed by atoms with Crippen LogP contribution in [0.25, 0.3) is 0 Å². The van der Waals surface area contributed by atoms with E-state index in [1.807, 2.05) is 44.2 Å². The van der Waals surface area contributed by atoms with E-state index in [0.29, 0.717) is 16.8 Å². The van der Waals surface area contributed by atoms with Crippen molar-refractivity contribution in [2.75, 3.05) is 11.9 Å². The summed E-state index contributed by atoms with van der Waals surface area (Å²) >= 11 is 0. The number of ether oxygens (including phenoxy) is 1. The Morgan fingerprint density at radius 2 is 1.92 bits per heavy atom. The molecule has 2 N–H and O–H groups in total. The van der Waals surface area contributed by atoms with E-state index in [-0.39, 0.29) is 18.4 Å². The van der Waals surface area contributed by atoms with Crippen LogP contribution in [0.4, 0.5) is 5.69 Å². The van der Waals surface area contributed by atoms with Crippen molar-refractivity contribution in [1.82, 2.24) is 0 Å². The van der Waals surface area contributed by atoms with E-state index in [0.717, 1.165) is 11.3 Å². The lowest BCUT2D eigenvalue weighted by atomic mass is 10.1. The maximum atomic E-state index is 11.7. The first-order valence-electron chi connectivity index (χ1n) is 8.14. The number of nitrogens with one attached hydrogen (secondary N) is 1. The Labute approximate surface area is 147 Å². The Kier molecular flexibility index (Phi) is 6.15. The van der Waals surface area contributed by atoms with Gasteiger partial charge in [-0.05, 0) is 56.7 Å². The fourth-order valence-corrected chi connectivity index (χ4v) is 2.43. The lowest BCUT2D eigenvalue weighted by Crippen LogP contribution is -2.14. The molecule has 2 rings (SSSR count). The van der Waals surface area contributed by atoms with E-state index in [4.69, 9.17) is 10.00 Å². The summed E-state index contributed by atoms with van der Waals surface area (Å²) in [5.74, 6) is 0.649. The number of aliphatic hydroxyl groups is 1. The Bertz CT molecular complexity index is 777. The number of rotatable bonds is 7. The number of nitrogens with zero attached hydrogens (tertiary/aromatic N) is 1. The van der Waals surface area contributed by atoms with Crippen molar-refractivity contribution >= 4 is 11.5 Å². The lowest BCUT2D eigenvalue weighted by molar-refractivity contribution is 0.101. The molecule has 25 heavy (non-hydrogen) atoms. The van der Waals surface area contributed by atoms with Crippen LogP contribution >= 0.6 is 0 Å². The monoisotopic (exact) mass is 338 g/mol. The summed E-state index contributed by atoms with van der Waals surface area (Å²) < 4.78 is 5.58. The van der Waals surface area contributed by atoms with Gasteiger partial charge in [-0.2, -0.15) is 5.26 Å². The highest BCUT2D eigenvalue weighted by atomic mass is 16.5. The number of benzene rings is 2. The summed E-state index contributed by atoms with van der Waals surface area (Å²) in [6, 6.07) is 14.1. The normalized spacial score (nSPS) is 11.7. The molecule has 0 fully saturated rings. The molecule has 0 aliphatic carbocycles. The molecule has 0 amide bonds. The zero-order valence-electron chi connectivity index (χ0n) is 14.6. The lowest BCUT2D eigenvalue weighted by Gasteiger charge is -2.16. The van der Waals surface area contributed by atoms with Crippen molar-refractivity contribution in [3.05, 3.63) is 59.2 Å². The van der Waals surface area contributed by atoms with E-state index in [1.165, 1.54) is 6.92 Å². The molecule has 5 heteroatoms. The summed E-state index contributed by atoms with van der Waals surface area (Å²) in [5, 5.41) is 22.4. The van der Waals surface area contributed by atoms with Gasteiger partial charge in [0.05, 0.1) is 23.8 Å². The van der Waals surface area contributed by atoms with Gasteiger partial charge in [0.15, 0.2) is 5.78 Å². The highest BCUT2D eigenvalue weighted by molar-refractivity contribution is 5.99. The van der Waals surface area contributed by atoms with E-state index < -0.39 is 6.10 Å². The van der Waals surface area contributed by atoms with Gasteiger partial charge in [-0.3, -0.25) is 4.79 Å². The molecular weight excluding hydrogens is 316 g/mol. The van der Waals surface area contributed by atoms with Gasteiger partial charge in [0.2, 0.25) is 0 Å². The quantitative estimate of drug-likeness (QED) is 0.752. The number of aliphatic hydroxyl groups excluding tert-OH is 1. The third kappa shape index (κ3) is 5.07. The molecular formula is C20H22N2O3. The second kappa shape index (κ2) is 8.32. The Balaban J connectivity index is 2.08. The molecule has 0 saturated carbocycles. The van der Waals surface area contributed by atoms with Crippen LogP contribution in [-0.2, 0) is 0 Å². The third-order valence-electron chi connectivity index (χ3n) is 3.65. The van der Waals surface area contributed by atoms with Crippen LogP contribution < -0.4 is 10.1 Å². The number of carbonyl (C=O) groups is 1. The maximum Gasteiger partial charge on any atom is 0.161 e. The van der Waals surface area contributed by atoms with Crippen molar-refractivity contribution in [1.29, 1.82) is 5.26 Å². The van der Waals surface area contributed by atoms with Gasteiger partial charge in [-0.1, -0.05) is 12.1 Å². The number of hydrogen-bond donors (Lipinski definition) is 2. The zero-order chi connectivity index (χ0) is 18.4. The average Bonchev–Trinajstić information content (AvgIpc) is 2.59. The number of nitriles is 1. The van der Waals surface area contributed by atoms with Crippen LogP contribution in [0.3, 0.4) is 0 Å². The second-order valence-electron chi connectivity index (χ2n) is 6.06. The molecule has 0 saturated heterocycles. The minimum absolute atomic E-state index is 0.0925. The molecule has 1 atom stereocenters. The molecule has 0 heterocycles. The Hall–Kier alpha value is -2.84. The first-order chi connectivity index (χ1) is 11.9. The largest absolute Gasteiger partial charge is 0.491 e. The van der Waals surface area contributed by atoms with Crippen molar-refractivity contribution in [2.45, 2.75) is 33.0 Å². The molecule has 1 unspecified atom stereocenters. The molecule has 0 spiro atoms. The summed E-state index contributed by atoms with van der Waals surface area (Å²) in [6.07, 6.45) is -0.659. The molecule has 130 valence electrons. The number of anilines is 1. The van der Waals surface area contributed by atoms with Crippen LogP contribution in [0, 0.1) is 11.3 Å². The molecule has 0 aliphatic heterocycles. The second-order valence-corrected chi connectivity index (χ2v) is 6.06. The summed E-state index contributed by atoms with van der Waals surface area (Å²) in [5.41, 5.74) is 2.24. The van der Waals surface area contributed by atoms with Crippen LogP contribution in [0.1, 0.15) is 48.4 Å². The molecule has 5 nitrogen and oxygen atoms in total. The van der Waals surface area contributed by atoms with Crippen LogP contribution in [0.2, 0.25) is 0 Å². The van der Waals surface area contributed by atoms with Gasteiger partial charge in [-0.15, -0.1) is 0 Å². The minimum Gasteiger partial charge on any atom is -0.491 e. The van der Waals surface area contributed by atoms with Crippen molar-refractivity contribution in [3.8, 4) is 11.8 Å². The summed E-state index contributed by atoms with van der Waals surface area (Å²) in [7, 11) is 0. The van der Waals surface area contributed by atoms with Crippen LogP contribution in [-0.4, -0.2) is 23.5 Å². The SMILES string of the molecule is CC(=O)c1ccc(C#N)cc1NCC(O)c1ccc(OC(C)C)cc1. The van der Waals surface area contributed by atoms with E-state index in [1.54, 1.807) is 18.2 Å². The molecule has 0 aliphatic rings. The predicted molar refractivity (Wildman–Crippen MR) is 96.8 cm³/mol. The highest BCUT2D eigenvalue weighted by Crippen LogP contribution is 2.22. The van der Waals surface area contributed by atoms with E-state index in [9.17, 15) is 9.90 Å². The number of hydrogen-bond acceptors (Lipinski definition) is 5. The van der Waals surface area contributed by atoms with E-state index >= 15 is 0 Å². The van der Waals surface area contributed by atoms with E-state index in [2.05, 4.69) is 5.32 Å². The Morgan fingerprint density at radius 3 is 2.48 bits per heavy atom.